The molecule has 2 N–H and O–H groups in total. The lowest BCUT2D eigenvalue weighted by Gasteiger charge is -2.22. The van der Waals surface area contributed by atoms with Crippen molar-refractivity contribution >= 4 is 17.7 Å². The number of rotatable bonds is 6. The molecular formula is C14H21N3O3S. The van der Waals surface area contributed by atoms with Crippen LogP contribution < -0.4 is 11.0 Å². The van der Waals surface area contributed by atoms with Crippen LogP contribution in [0.2, 0.25) is 0 Å². The fraction of sp³-hybridized carbons (Fsp3) is 0.643. The van der Waals surface area contributed by atoms with E-state index in [1.165, 1.54) is 11.8 Å². The standard InChI is InChI=1S/C14H21N3O3S/c1-15-12(19)9-21-13-10-5-2-3-6-11(10)17(7-4-8-18)14(20)16-13/h18H,2-9H2,1H3,(H,15,19). The smallest absolute Gasteiger partial charge is 0.348 e. The first-order valence-electron chi connectivity index (χ1n) is 7.24. The van der Waals surface area contributed by atoms with Crippen LogP contribution >= 0.6 is 11.8 Å². The van der Waals surface area contributed by atoms with E-state index in [0.717, 1.165) is 36.9 Å². The summed E-state index contributed by atoms with van der Waals surface area (Å²) in [6.07, 6.45) is 4.47. The molecule has 6 nitrogen and oxygen atoms in total. The summed E-state index contributed by atoms with van der Waals surface area (Å²) in [6.45, 7) is 0.569. The number of aromatic nitrogens is 2. The van der Waals surface area contributed by atoms with Gasteiger partial charge in [0.05, 0.1) is 5.75 Å². The summed E-state index contributed by atoms with van der Waals surface area (Å²) in [5.74, 6) is 0.201. The summed E-state index contributed by atoms with van der Waals surface area (Å²) in [7, 11) is 1.60. The third-order valence-corrected chi connectivity index (χ3v) is 4.63. The zero-order chi connectivity index (χ0) is 15.2. The Morgan fingerprint density at radius 1 is 1.43 bits per heavy atom. The van der Waals surface area contributed by atoms with Crippen LogP contribution in [0.4, 0.5) is 0 Å². The Balaban J connectivity index is 2.32. The fourth-order valence-corrected chi connectivity index (χ4v) is 3.48. The van der Waals surface area contributed by atoms with Gasteiger partial charge in [0.1, 0.15) is 5.03 Å². The summed E-state index contributed by atoms with van der Waals surface area (Å²) in [5.41, 5.74) is 1.87. The molecule has 1 aliphatic rings. The largest absolute Gasteiger partial charge is 0.396 e. The molecule has 7 heteroatoms. The summed E-state index contributed by atoms with van der Waals surface area (Å²) in [5, 5.41) is 12.2. The molecule has 1 aromatic rings. The number of amides is 1. The lowest BCUT2D eigenvalue weighted by atomic mass is 9.97. The SMILES string of the molecule is CNC(=O)CSc1nc(=O)n(CCCO)c2c1CCCC2. The maximum atomic E-state index is 12.2. The topological polar surface area (TPSA) is 84.2 Å². The van der Waals surface area contributed by atoms with Crippen LogP contribution in [0.25, 0.3) is 0 Å². The second-order valence-electron chi connectivity index (χ2n) is 5.02. The van der Waals surface area contributed by atoms with Crippen molar-refractivity contribution in [3.8, 4) is 0 Å². The van der Waals surface area contributed by atoms with E-state index in [1.807, 2.05) is 0 Å². The van der Waals surface area contributed by atoms with Crippen molar-refractivity contribution in [3.63, 3.8) is 0 Å². The minimum atomic E-state index is -0.275. The first kappa shape index (κ1) is 16.0. The van der Waals surface area contributed by atoms with E-state index >= 15 is 0 Å². The van der Waals surface area contributed by atoms with Crippen LogP contribution in [0.3, 0.4) is 0 Å². The van der Waals surface area contributed by atoms with Gasteiger partial charge in [0.25, 0.3) is 0 Å². The highest BCUT2D eigenvalue weighted by Crippen LogP contribution is 2.28. The van der Waals surface area contributed by atoms with Gasteiger partial charge in [-0.15, -0.1) is 0 Å². The average Bonchev–Trinajstić information content (AvgIpc) is 2.51. The third kappa shape index (κ3) is 3.85. The number of nitrogens with one attached hydrogen (secondary N) is 1. The van der Waals surface area contributed by atoms with Crippen molar-refractivity contribution in [1.82, 2.24) is 14.9 Å². The number of carbonyl (C=O) groups is 1. The fourth-order valence-electron chi connectivity index (χ4n) is 2.53. The van der Waals surface area contributed by atoms with Gasteiger partial charge in [-0.2, -0.15) is 4.98 Å². The number of aliphatic hydroxyl groups is 1. The Morgan fingerprint density at radius 3 is 2.90 bits per heavy atom. The third-order valence-electron chi connectivity index (χ3n) is 3.61. The minimum Gasteiger partial charge on any atom is -0.396 e. The summed E-state index contributed by atoms with van der Waals surface area (Å²) in [6, 6.07) is 0. The molecule has 1 amide bonds. The van der Waals surface area contributed by atoms with Crippen molar-refractivity contribution in [2.75, 3.05) is 19.4 Å². The average molecular weight is 311 g/mol. The van der Waals surface area contributed by atoms with Crippen LogP contribution in [0.1, 0.15) is 30.5 Å². The highest BCUT2D eigenvalue weighted by Gasteiger charge is 2.20. The van der Waals surface area contributed by atoms with Crippen LogP contribution in [0, 0.1) is 0 Å². The van der Waals surface area contributed by atoms with E-state index < -0.39 is 0 Å². The first-order valence-corrected chi connectivity index (χ1v) is 8.22. The number of aliphatic hydroxyl groups excluding tert-OH is 1. The molecule has 0 unspecified atom stereocenters. The van der Waals surface area contributed by atoms with Crippen molar-refractivity contribution in [2.45, 2.75) is 43.7 Å². The number of carbonyl (C=O) groups excluding carboxylic acids is 1. The predicted octanol–water partition coefficient (Wildman–Crippen LogP) is 0.343. The number of nitrogens with zero attached hydrogens (tertiary/aromatic N) is 2. The number of fused-ring (bicyclic) bond motifs is 1. The Hall–Kier alpha value is -1.34. The highest BCUT2D eigenvalue weighted by atomic mass is 32.2. The number of thioether (sulfide) groups is 1. The molecule has 0 aromatic carbocycles. The predicted molar refractivity (Wildman–Crippen MR) is 81.6 cm³/mol. The van der Waals surface area contributed by atoms with Gasteiger partial charge in [-0.3, -0.25) is 9.36 Å². The van der Waals surface area contributed by atoms with Crippen molar-refractivity contribution in [2.24, 2.45) is 0 Å². The Morgan fingerprint density at radius 2 is 2.19 bits per heavy atom. The van der Waals surface area contributed by atoms with Gasteiger partial charge in [0.15, 0.2) is 0 Å². The second kappa shape index (κ2) is 7.61. The van der Waals surface area contributed by atoms with Gasteiger partial charge in [-0.1, -0.05) is 11.8 Å². The van der Waals surface area contributed by atoms with E-state index in [9.17, 15) is 9.59 Å². The van der Waals surface area contributed by atoms with Gasteiger partial charge >= 0.3 is 5.69 Å². The van der Waals surface area contributed by atoms with Gasteiger partial charge in [0.2, 0.25) is 5.91 Å². The Labute approximate surface area is 128 Å². The zero-order valence-electron chi connectivity index (χ0n) is 12.2. The number of hydrogen-bond donors (Lipinski definition) is 2. The van der Waals surface area contributed by atoms with E-state index in [2.05, 4.69) is 10.3 Å². The molecule has 0 bridgehead atoms. The molecular weight excluding hydrogens is 290 g/mol. The monoisotopic (exact) mass is 311 g/mol. The van der Waals surface area contributed by atoms with Crippen molar-refractivity contribution in [3.05, 3.63) is 21.7 Å². The molecule has 0 radical (unpaired) electrons. The molecule has 0 fully saturated rings. The first-order chi connectivity index (χ1) is 10.2. The maximum Gasteiger partial charge on any atom is 0.348 e. The Bertz CT molecular complexity index is 571. The molecule has 116 valence electrons. The van der Waals surface area contributed by atoms with Crippen molar-refractivity contribution < 1.29 is 9.90 Å². The van der Waals surface area contributed by atoms with Gasteiger partial charge < -0.3 is 10.4 Å². The maximum absolute atomic E-state index is 12.2. The molecule has 2 rings (SSSR count). The van der Waals surface area contributed by atoms with Gasteiger partial charge in [-0.25, -0.2) is 4.79 Å². The van der Waals surface area contributed by atoms with E-state index in [0.29, 0.717) is 18.0 Å². The molecule has 1 aliphatic carbocycles. The molecule has 0 aliphatic heterocycles. The molecule has 1 aromatic heterocycles. The van der Waals surface area contributed by atoms with Crippen LogP contribution in [-0.2, 0) is 24.2 Å². The summed E-state index contributed by atoms with van der Waals surface area (Å²) >= 11 is 1.33. The highest BCUT2D eigenvalue weighted by molar-refractivity contribution is 7.99. The van der Waals surface area contributed by atoms with Crippen LogP contribution in [0.15, 0.2) is 9.82 Å². The van der Waals surface area contributed by atoms with E-state index in [4.69, 9.17) is 5.11 Å². The quantitative estimate of drug-likeness (QED) is 0.585. The van der Waals surface area contributed by atoms with E-state index in [1.54, 1.807) is 11.6 Å². The molecule has 0 saturated carbocycles. The molecule has 1 heterocycles. The number of hydrogen-bond acceptors (Lipinski definition) is 5. The van der Waals surface area contributed by atoms with Crippen LogP contribution in [-0.4, -0.2) is 40.0 Å². The zero-order valence-corrected chi connectivity index (χ0v) is 13.0. The summed E-state index contributed by atoms with van der Waals surface area (Å²) in [4.78, 5) is 27.7. The summed E-state index contributed by atoms with van der Waals surface area (Å²) < 4.78 is 1.69. The van der Waals surface area contributed by atoms with Gasteiger partial charge in [-0.05, 0) is 32.1 Å². The van der Waals surface area contributed by atoms with Gasteiger partial charge in [0, 0.05) is 31.5 Å². The van der Waals surface area contributed by atoms with Crippen molar-refractivity contribution in [1.29, 1.82) is 0 Å². The van der Waals surface area contributed by atoms with E-state index in [-0.39, 0.29) is 24.0 Å². The lowest BCUT2D eigenvalue weighted by molar-refractivity contribution is -0.118. The second-order valence-corrected chi connectivity index (χ2v) is 5.99. The lowest BCUT2D eigenvalue weighted by Crippen LogP contribution is -2.31. The van der Waals surface area contributed by atoms with Crippen LogP contribution in [0.5, 0.6) is 0 Å². The molecule has 21 heavy (non-hydrogen) atoms. The molecule has 0 spiro atoms. The minimum absolute atomic E-state index is 0.0639. The molecule has 0 saturated heterocycles. The molecule has 0 atom stereocenters. The Kier molecular flexibility index (Phi) is 5.81. The normalized spacial score (nSPS) is 13.8.